The molecule has 122 valence electrons. The Hall–Kier alpha value is -2.20. The van der Waals surface area contributed by atoms with Gasteiger partial charge in [-0.3, -0.25) is 9.78 Å². The van der Waals surface area contributed by atoms with E-state index in [9.17, 15) is 4.79 Å². The Morgan fingerprint density at radius 3 is 2.71 bits per heavy atom. The largest absolute Gasteiger partial charge is 0.352 e. The molecular formula is C20H19BrN2O. The molecule has 0 fully saturated rings. The second kappa shape index (κ2) is 7.58. The molecule has 0 spiro atoms. The highest BCUT2D eigenvalue weighted by atomic mass is 79.9. The predicted octanol–water partition coefficient (Wildman–Crippen LogP) is 4.67. The molecule has 0 saturated carbocycles. The molecular weight excluding hydrogens is 364 g/mol. The number of aryl methyl sites for hydroxylation is 2. The molecule has 4 heteroatoms. The first-order valence-electron chi connectivity index (χ1n) is 8.02. The number of nitrogens with one attached hydrogen (secondary N) is 1. The smallest absolute Gasteiger partial charge is 0.252 e. The fraction of sp³-hybridized carbons (Fsp3) is 0.200. The summed E-state index contributed by atoms with van der Waals surface area (Å²) in [5.41, 5.74) is 3.66. The van der Waals surface area contributed by atoms with Crippen molar-refractivity contribution in [2.24, 2.45) is 0 Å². The van der Waals surface area contributed by atoms with Crippen molar-refractivity contribution < 1.29 is 4.79 Å². The Morgan fingerprint density at radius 1 is 1.12 bits per heavy atom. The lowest BCUT2D eigenvalue weighted by molar-refractivity contribution is 0.0954. The van der Waals surface area contributed by atoms with Gasteiger partial charge in [-0.25, -0.2) is 0 Å². The molecule has 3 nitrogen and oxygen atoms in total. The van der Waals surface area contributed by atoms with E-state index in [1.54, 1.807) is 0 Å². The molecule has 1 amide bonds. The minimum atomic E-state index is -0.0448. The predicted molar refractivity (Wildman–Crippen MR) is 101 cm³/mol. The first-order valence-corrected chi connectivity index (χ1v) is 8.82. The Kier molecular flexibility index (Phi) is 5.26. The van der Waals surface area contributed by atoms with Gasteiger partial charge in [-0.15, -0.1) is 0 Å². The Bertz CT molecular complexity index is 862. The van der Waals surface area contributed by atoms with E-state index in [4.69, 9.17) is 0 Å². The zero-order valence-corrected chi connectivity index (χ0v) is 15.1. The SMILES string of the molecule is Cc1cc(C(=O)NCCCc2ccccc2)c2cc(Br)ccc2n1. The van der Waals surface area contributed by atoms with Crippen LogP contribution in [-0.4, -0.2) is 17.4 Å². The molecule has 3 aromatic rings. The topological polar surface area (TPSA) is 42.0 Å². The summed E-state index contributed by atoms with van der Waals surface area (Å²) >= 11 is 3.46. The summed E-state index contributed by atoms with van der Waals surface area (Å²) < 4.78 is 0.943. The zero-order valence-electron chi connectivity index (χ0n) is 13.6. The van der Waals surface area contributed by atoms with Crippen molar-refractivity contribution in [2.75, 3.05) is 6.54 Å². The number of benzene rings is 2. The van der Waals surface area contributed by atoms with Gasteiger partial charge in [-0.2, -0.15) is 0 Å². The first-order chi connectivity index (χ1) is 11.6. The van der Waals surface area contributed by atoms with Crippen LogP contribution in [0.1, 0.15) is 28.0 Å². The van der Waals surface area contributed by atoms with E-state index >= 15 is 0 Å². The second-order valence-corrected chi connectivity index (χ2v) is 6.73. The molecule has 0 saturated heterocycles. The molecule has 0 aliphatic heterocycles. The van der Waals surface area contributed by atoms with Crippen LogP contribution in [0, 0.1) is 6.92 Å². The maximum absolute atomic E-state index is 12.6. The summed E-state index contributed by atoms with van der Waals surface area (Å²) in [5, 5.41) is 3.90. The number of hydrogen-bond donors (Lipinski definition) is 1. The van der Waals surface area contributed by atoms with Crippen molar-refractivity contribution in [1.29, 1.82) is 0 Å². The third kappa shape index (κ3) is 4.01. The highest BCUT2D eigenvalue weighted by molar-refractivity contribution is 9.10. The summed E-state index contributed by atoms with van der Waals surface area (Å²) in [6.07, 6.45) is 1.88. The lowest BCUT2D eigenvalue weighted by Gasteiger charge is -2.09. The van der Waals surface area contributed by atoms with Crippen molar-refractivity contribution in [3.05, 3.63) is 75.9 Å². The lowest BCUT2D eigenvalue weighted by atomic mass is 10.1. The van der Waals surface area contributed by atoms with Crippen LogP contribution in [0.5, 0.6) is 0 Å². The highest BCUT2D eigenvalue weighted by Crippen LogP contribution is 2.22. The van der Waals surface area contributed by atoms with E-state index in [1.165, 1.54) is 5.56 Å². The molecule has 0 aliphatic rings. The van der Waals surface area contributed by atoms with E-state index in [1.807, 2.05) is 49.4 Å². The Morgan fingerprint density at radius 2 is 1.92 bits per heavy atom. The number of hydrogen-bond acceptors (Lipinski definition) is 2. The van der Waals surface area contributed by atoms with Gasteiger partial charge in [0.15, 0.2) is 0 Å². The van der Waals surface area contributed by atoms with Gasteiger partial charge in [-0.05, 0) is 49.6 Å². The number of rotatable bonds is 5. The number of fused-ring (bicyclic) bond motifs is 1. The minimum Gasteiger partial charge on any atom is -0.352 e. The fourth-order valence-corrected chi connectivity index (χ4v) is 3.11. The fourth-order valence-electron chi connectivity index (χ4n) is 2.75. The monoisotopic (exact) mass is 382 g/mol. The van der Waals surface area contributed by atoms with Crippen LogP contribution in [0.3, 0.4) is 0 Å². The van der Waals surface area contributed by atoms with E-state index in [0.717, 1.165) is 33.9 Å². The van der Waals surface area contributed by atoms with Gasteiger partial charge < -0.3 is 5.32 Å². The maximum Gasteiger partial charge on any atom is 0.252 e. The molecule has 0 unspecified atom stereocenters. The normalized spacial score (nSPS) is 10.8. The number of amides is 1. The first kappa shape index (κ1) is 16.7. The molecule has 0 atom stereocenters. The Labute approximate surface area is 150 Å². The third-order valence-corrected chi connectivity index (χ3v) is 4.41. The van der Waals surface area contributed by atoms with Gasteiger partial charge in [0, 0.05) is 22.1 Å². The molecule has 24 heavy (non-hydrogen) atoms. The molecule has 0 bridgehead atoms. The molecule has 1 aromatic heterocycles. The minimum absolute atomic E-state index is 0.0448. The average molecular weight is 383 g/mol. The number of aromatic nitrogens is 1. The zero-order chi connectivity index (χ0) is 16.9. The molecule has 2 aromatic carbocycles. The third-order valence-electron chi connectivity index (χ3n) is 3.91. The highest BCUT2D eigenvalue weighted by Gasteiger charge is 2.12. The van der Waals surface area contributed by atoms with Gasteiger partial charge in [0.05, 0.1) is 11.1 Å². The second-order valence-electron chi connectivity index (χ2n) is 5.82. The molecule has 1 N–H and O–H groups in total. The van der Waals surface area contributed by atoms with Crippen LogP contribution >= 0.6 is 15.9 Å². The van der Waals surface area contributed by atoms with Crippen molar-refractivity contribution in [1.82, 2.24) is 10.3 Å². The number of carbonyl (C=O) groups is 1. The summed E-state index contributed by atoms with van der Waals surface area (Å²) in [5.74, 6) is -0.0448. The number of halogens is 1. The van der Waals surface area contributed by atoms with Crippen molar-refractivity contribution in [3.8, 4) is 0 Å². The van der Waals surface area contributed by atoms with Crippen molar-refractivity contribution in [3.63, 3.8) is 0 Å². The van der Waals surface area contributed by atoms with E-state index in [2.05, 4.69) is 38.4 Å². The summed E-state index contributed by atoms with van der Waals surface area (Å²) in [4.78, 5) is 17.1. The molecule has 0 aliphatic carbocycles. The summed E-state index contributed by atoms with van der Waals surface area (Å²) in [6, 6.07) is 18.0. The van der Waals surface area contributed by atoms with E-state index < -0.39 is 0 Å². The van der Waals surface area contributed by atoms with Gasteiger partial charge in [-0.1, -0.05) is 46.3 Å². The van der Waals surface area contributed by atoms with Crippen LogP contribution in [0.25, 0.3) is 10.9 Å². The van der Waals surface area contributed by atoms with Crippen LogP contribution in [-0.2, 0) is 6.42 Å². The Balaban J connectivity index is 1.68. The van der Waals surface area contributed by atoms with Crippen LogP contribution in [0.4, 0.5) is 0 Å². The quantitative estimate of drug-likeness (QED) is 0.651. The number of nitrogens with zero attached hydrogens (tertiary/aromatic N) is 1. The molecule has 1 heterocycles. The van der Waals surface area contributed by atoms with Crippen molar-refractivity contribution in [2.45, 2.75) is 19.8 Å². The van der Waals surface area contributed by atoms with Gasteiger partial charge >= 0.3 is 0 Å². The lowest BCUT2D eigenvalue weighted by Crippen LogP contribution is -2.25. The van der Waals surface area contributed by atoms with E-state index in [0.29, 0.717) is 12.1 Å². The molecule has 3 rings (SSSR count). The summed E-state index contributed by atoms with van der Waals surface area (Å²) in [7, 11) is 0. The van der Waals surface area contributed by atoms with Crippen LogP contribution < -0.4 is 5.32 Å². The van der Waals surface area contributed by atoms with Crippen molar-refractivity contribution >= 4 is 32.7 Å². The maximum atomic E-state index is 12.6. The number of pyridine rings is 1. The van der Waals surface area contributed by atoms with Crippen LogP contribution in [0.15, 0.2) is 59.1 Å². The number of carbonyl (C=O) groups excluding carboxylic acids is 1. The average Bonchev–Trinajstić information content (AvgIpc) is 2.59. The van der Waals surface area contributed by atoms with E-state index in [-0.39, 0.29) is 5.91 Å². The molecule has 0 radical (unpaired) electrons. The van der Waals surface area contributed by atoms with Gasteiger partial charge in [0.2, 0.25) is 0 Å². The van der Waals surface area contributed by atoms with Crippen LogP contribution in [0.2, 0.25) is 0 Å². The summed E-state index contributed by atoms with van der Waals surface area (Å²) in [6.45, 7) is 2.57. The standard InChI is InChI=1S/C20H19BrN2O/c1-14-12-18(17-13-16(21)9-10-19(17)23-14)20(24)22-11-5-8-15-6-3-2-4-7-15/h2-4,6-7,9-10,12-13H,5,8,11H2,1H3,(H,22,24). The van der Waals surface area contributed by atoms with Gasteiger partial charge in [0.1, 0.15) is 0 Å². The van der Waals surface area contributed by atoms with Gasteiger partial charge in [0.25, 0.3) is 5.91 Å².